The number of carbonyl (C=O) groups excluding carboxylic acids is 1. The molecule has 8 heteroatoms. The van der Waals surface area contributed by atoms with Gasteiger partial charge in [-0.1, -0.05) is 29.3 Å². The fourth-order valence-corrected chi connectivity index (χ4v) is 3.95. The van der Waals surface area contributed by atoms with E-state index in [0.717, 1.165) is 46.2 Å². The zero-order valence-electron chi connectivity index (χ0n) is 13.6. The van der Waals surface area contributed by atoms with Crippen molar-refractivity contribution in [3.8, 4) is 0 Å². The molecule has 0 aliphatic carbocycles. The monoisotopic (exact) mass is 385 g/mol. The normalized spacial score (nSPS) is 14.3. The van der Waals surface area contributed by atoms with E-state index in [1.807, 2.05) is 10.7 Å². The predicted molar refractivity (Wildman–Crippen MR) is 99.9 cm³/mol. The molecule has 6 nitrogen and oxygen atoms in total. The molecule has 0 saturated heterocycles. The minimum absolute atomic E-state index is 0.0627. The number of fused-ring (bicyclic) bond motifs is 2. The van der Waals surface area contributed by atoms with E-state index in [1.54, 1.807) is 29.2 Å². The van der Waals surface area contributed by atoms with E-state index in [9.17, 15) is 4.79 Å². The van der Waals surface area contributed by atoms with E-state index in [-0.39, 0.29) is 5.91 Å². The molecule has 5 rings (SSSR count). The van der Waals surface area contributed by atoms with Gasteiger partial charge in [0.15, 0.2) is 5.65 Å². The molecular weight excluding hydrogens is 373 g/mol. The van der Waals surface area contributed by atoms with Crippen LogP contribution < -0.4 is 0 Å². The summed E-state index contributed by atoms with van der Waals surface area (Å²) in [6, 6.07) is 5.41. The number of nitrogens with zero attached hydrogens (tertiary/aromatic N) is 5. The highest BCUT2D eigenvalue weighted by molar-refractivity contribution is 6.35. The van der Waals surface area contributed by atoms with Crippen LogP contribution in [-0.4, -0.2) is 30.2 Å². The van der Waals surface area contributed by atoms with E-state index < -0.39 is 0 Å². The molecule has 4 heterocycles. The van der Waals surface area contributed by atoms with Crippen molar-refractivity contribution in [2.24, 2.45) is 0 Å². The summed E-state index contributed by atoms with van der Waals surface area (Å²) in [5, 5.41) is 6.51. The SMILES string of the molecule is O=C1CCCc2nc3c(cnn3Cc3ccc(Cl)cc3Cl)c3ncn1c23. The number of aromatic nitrogens is 5. The maximum Gasteiger partial charge on any atom is 0.232 e. The van der Waals surface area contributed by atoms with Gasteiger partial charge in [-0.2, -0.15) is 5.10 Å². The number of pyridine rings is 1. The molecule has 0 N–H and O–H groups in total. The smallest absolute Gasteiger partial charge is 0.232 e. The topological polar surface area (TPSA) is 65.6 Å². The van der Waals surface area contributed by atoms with E-state index in [0.29, 0.717) is 23.0 Å². The molecule has 3 aromatic heterocycles. The van der Waals surface area contributed by atoms with E-state index in [1.165, 1.54) is 0 Å². The van der Waals surface area contributed by atoms with Crippen LogP contribution in [0.15, 0.2) is 30.7 Å². The third-order valence-electron chi connectivity index (χ3n) is 4.76. The molecule has 0 bridgehead atoms. The van der Waals surface area contributed by atoms with Gasteiger partial charge in [0.25, 0.3) is 0 Å². The Morgan fingerprint density at radius 2 is 2.08 bits per heavy atom. The van der Waals surface area contributed by atoms with Gasteiger partial charge in [0.2, 0.25) is 5.91 Å². The summed E-state index contributed by atoms with van der Waals surface area (Å²) in [7, 11) is 0. The first-order valence-electron chi connectivity index (χ1n) is 8.30. The molecule has 0 unspecified atom stereocenters. The van der Waals surface area contributed by atoms with Crippen molar-refractivity contribution >= 4 is 51.2 Å². The third kappa shape index (κ3) is 2.33. The van der Waals surface area contributed by atoms with Crippen LogP contribution in [0, 0.1) is 0 Å². The Kier molecular flexibility index (Phi) is 3.52. The molecule has 130 valence electrons. The standard InChI is InChI=1S/C18H13Cl2N5O/c19-11-5-4-10(13(20)6-11)8-25-18-12(7-22-25)16-17-14(23-18)2-1-3-15(26)24(17)9-21-16/h4-7,9H,1-3,8H2. The Labute approximate surface area is 158 Å². The van der Waals surface area contributed by atoms with Crippen molar-refractivity contribution in [2.45, 2.75) is 25.8 Å². The minimum atomic E-state index is 0.0627. The number of hydrogen-bond donors (Lipinski definition) is 0. The van der Waals surface area contributed by atoms with Gasteiger partial charge >= 0.3 is 0 Å². The molecular formula is C18H13Cl2N5O. The number of hydrogen-bond acceptors (Lipinski definition) is 4. The number of carbonyl (C=O) groups is 1. The number of halogens is 2. The summed E-state index contributed by atoms with van der Waals surface area (Å²) < 4.78 is 3.43. The van der Waals surface area contributed by atoms with Gasteiger partial charge in [-0.15, -0.1) is 0 Å². The second kappa shape index (κ2) is 5.79. The molecule has 1 aliphatic heterocycles. The van der Waals surface area contributed by atoms with Crippen LogP contribution in [0.5, 0.6) is 0 Å². The number of aryl methyl sites for hydroxylation is 1. The summed E-state index contributed by atoms with van der Waals surface area (Å²) in [6.45, 7) is 0.483. The van der Waals surface area contributed by atoms with Gasteiger partial charge in [-0.05, 0) is 30.5 Å². The summed E-state index contributed by atoms with van der Waals surface area (Å²) in [4.78, 5) is 21.5. The second-order valence-corrected chi connectivity index (χ2v) is 7.24. The zero-order valence-corrected chi connectivity index (χ0v) is 15.1. The lowest BCUT2D eigenvalue weighted by Crippen LogP contribution is -2.07. The minimum Gasteiger partial charge on any atom is -0.274 e. The number of rotatable bonds is 2. The lowest BCUT2D eigenvalue weighted by molar-refractivity contribution is 0.0907. The van der Waals surface area contributed by atoms with Crippen molar-refractivity contribution in [3.63, 3.8) is 0 Å². The van der Waals surface area contributed by atoms with Crippen LogP contribution in [0.3, 0.4) is 0 Å². The second-order valence-electron chi connectivity index (χ2n) is 6.39. The predicted octanol–water partition coefficient (Wildman–Crippen LogP) is 4.11. The van der Waals surface area contributed by atoms with Crippen LogP contribution in [0.4, 0.5) is 0 Å². The van der Waals surface area contributed by atoms with Gasteiger partial charge in [0.1, 0.15) is 11.8 Å². The quantitative estimate of drug-likeness (QED) is 0.520. The van der Waals surface area contributed by atoms with Crippen LogP contribution in [0.1, 0.15) is 28.9 Å². The average Bonchev–Trinajstić information content (AvgIpc) is 3.17. The first-order chi connectivity index (χ1) is 12.6. The maximum absolute atomic E-state index is 12.2. The van der Waals surface area contributed by atoms with Crippen molar-refractivity contribution in [1.82, 2.24) is 24.3 Å². The lowest BCUT2D eigenvalue weighted by Gasteiger charge is -2.08. The molecule has 0 fully saturated rings. The Bertz CT molecular complexity index is 1190. The molecule has 0 spiro atoms. The molecule has 0 radical (unpaired) electrons. The Hall–Kier alpha value is -2.44. The first-order valence-corrected chi connectivity index (χ1v) is 9.06. The van der Waals surface area contributed by atoms with Gasteiger partial charge in [0, 0.05) is 16.5 Å². The van der Waals surface area contributed by atoms with Crippen LogP contribution in [0.2, 0.25) is 10.0 Å². The molecule has 0 saturated carbocycles. The summed E-state index contributed by atoms with van der Waals surface area (Å²) in [5.41, 5.74) is 4.13. The Morgan fingerprint density at radius 1 is 1.19 bits per heavy atom. The van der Waals surface area contributed by atoms with E-state index in [4.69, 9.17) is 28.2 Å². The van der Waals surface area contributed by atoms with Crippen molar-refractivity contribution in [3.05, 3.63) is 52.0 Å². The van der Waals surface area contributed by atoms with Gasteiger partial charge in [-0.25, -0.2) is 14.6 Å². The lowest BCUT2D eigenvalue weighted by atomic mass is 10.1. The Morgan fingerprint density at radius 3 is 2.92 bits per heavy atom. The zero-order chi connectivity index (χ0) is 17.8. The molecule has 0 amide bonds. The fraction of sp³-hybridized carbons (Fsp3) is 0.222. The highest BCUT2D eigenvalue weighted by atomic mass is 35.5. The van der Waals surface area contributed by atoms with Crippen molar-refractivity contribution in [1.29, 1.82) is 0 Å². The largest absolute Gasteiger partial charge is 0.274 e. The van der Waals surface area contributed by atoms with Crippen molar-refractivity contribution in [2.75, 3.05) is 0 Å². The summed E-state index contributed by atoms with van der Waals surface area (Å²) >= 11 is 12.3. The molecule has 0 atom stereocenters. The molecule has 1 aromatic carbocycles. The summed E-state index contributed by atoms with van der Waals surface area (Å²) in [5.74, 6) is 0.0627. The molecule has 1 aliphatic rings. The fourth-order valence-electron chi connectivity index (χ4n) is 3.48. The van der Waals surface area contributed by atoms with E-state index in [2.05, 4.69) is 10.1 Å². The number of imidazole rings is 1. The Balaban J connectivity index is 1.70. The highest BCUT2D eigenvalue weighted by Crippen LogP contribution is 2.29. The van der Waals surface area contributed by atoms with Crippen LogP contribution in [0.25, 0.3) is 22.1 Å². The first kappa shape index (κ1) is 15.8. The maximum atomic E-state index is 12.2. The number of benzene rings is 1. The van der Waals surface area contributed by atoms with Gasteiger partial charge in [-0.3, -0.25) is 9.36 Å². The van der Waals surface area contributed by atoms with Crippen molar-refractivity contribution < 1.29 is 4.79 Å². The van der Waals surface area contributed by atoms with Crippen LogP contribution >= 0.6 is 23.2 Å². The van der Waals surface area contributed by atoms with E-state index >= 15 is 0 Å². The van der Waals surface area contributed by atoms with Gasteiger partial charge < -0.3 is 0 Å². The van der Waals surface area contributed by atoms with Crippen LogP contribution in [-0.2, 0) is 13.0 Å². The van der Waals surface area contributed by atoms with Gasteiger partial charge in [0.05, 0.1) is 29.3 Å². The third-order valence-corrected chi connectivity index (χ3v) is 5.34. The average molecular weight is 386 g/mol. The molecule has 26 heavy (non-hydrogen) atoms. The highest BCUT2D eigenvalue weighted by Gasteiger charge is 2.22. The summed E-state index contributed by atoms with van der Waals surface area (Å²) in [6.07, 6.45) is 5.38. The molecule has 4 aromatic rings.